The van der Waals surface area contributed by atoms with Crippen molar-refractivity contribution in [1.29, 1.82) is 0 Å². The van der Waals surface area contributed by atoms with Crippen LogP contribution in [0.2, 0.25) is 0 Å². The molecule has 3 rings (SSSR count). The zero-order valence-electron chi connectivity index (χ0n) is 12.7. The molecule has 0 fully saturated rings. The minimum atomic E-state index is -0.0818. The fourth-order valence-corrected chi connectivity index (χ4v) is 2.68. The standard InChI is InChI=1S/C17H20N4O/c1-2-11-18-16-10-9-14(19-20-16)17(22)21-12-5-7-13-6-3-4-8-15(13)21/h3-4,6,8-10H,2,5,7,11-12H2,1H3,(H,18,20). The normalized spacial score (nSPS) is 13.6. The van der Waals surface area contributed by atoms with Gasteiger partial charge in [0.1, 0.15) is 5.82 Å². The molecule has 1 N–H and O–H groups in total. The van der Waals surface area contributed by atoms with Gasteiger partial charge >= 0.3 is 0 Å². The Balaban J connectivity index is 1.80. The van der Waals surface area contributed by atoms with Crippen molar-refractivity contribution in [3.05, 3.63) is 47.7 Å². The summed E-state index contributed by atoms with van der Waals surface area (Å²) in [5.41, 5.74) is 2.60. The van der Waals surface area contributed by atoms with Gasteiger partial charge in [-0.1, -0.05) is 25.1 Å². The van der Waals surface area contributed by atoms with E-state index in [2.05, 4.69) is 28.5 Å². The van der Waals surface area contributed by atoms with E-state index in [1.807, 2.05) is 29.2 Å². The zero-order valence-corrected chi connectivity index (χ0v) is 12.7. The monoisotopic (exact) mass is 296 g/mol. The van der Waals surface area contributed by atoms with Crippen molar-refractivity contribution in [3.63, 3.8) is 0 Å². The average Bonchev–Trinajstić information content (AvgIpc) is 2.59. The molecule has 2 heterocycles. The zero-order chi connectivity index (χ0) is 15.4. The molecule has 1 aromatic carbocycles. The molecular formula is C17H20N4O. The highest BCUT2D eigenvalue weighted by molar-refractivity contribution is 6.05. The van der Waals surface area contributed by atoms with Gasteiger partial charge in [0.25, 0.3) is 5.91 Å². The molecule has 2 aromatic rings. The number of hydrogen-bond donors (Lipinski definition) is 1. The molecule has 1 amide bonds. The van der Waals surface area contributed by atoms with Gasteiger partial charge in [0, 0.05) is 18.8 Å². The molecule has 0 unspecified atom stereocenters. The fourth-order valence-electron chi connectivity index (χ4n) is 2.68. The number of amides is 1. The number of aryl methyl sites for hydroxylation is 1. The summed E-state index contributed by atoms with van der Waals surface area (Å²) < 4.78 is 0. The van der Waals surface area contributed by atoms with Crippen molar-refractivity contribution in [2.24, 2.45) is 0 Å². The van der Waals surface area contributed by atoms with E-state index in [0.717, 1.165) is 38.0 Å². The quantitative estimate of drug-likeness (QED) is 0.942. The van der Waals surface area contributed by atoms with Crippen molar-refractivity contribution < 1.29 is 4.79 Å². The van der Waals surface area contributed by atoms with Gasteiger partial charge in [0.2, 0.25) is 0 Å². The van der Waals surface area contributed by atoms with Crippen LogP contribution in [0.25, 0.3) is 0 Å². The second-order valence-corrected chi connectivity index (χ2v) is 5.42. The third-order valence-electron chi connectivity index (χ3n) is 3.80. The molecule has 22 heavy (non-hydrogen) atoms. The summed E-state index contributed by atoms with van der Waals surface area (Å²) in [6.07, 6.45) is 3.02. The van der Waals surface area contributed by atoms with E-state index < -0.39 is 0 Å². The van der Waals surface area contributed by atoms with Gasteiger partial charge in [-0.2, -0.15) is 0 Å². The number of nitrogens with zero attached hydrogens (tertiary/aromatic N) is 3. The van der Waals surface area contributed by atoms with Crippen LogP contribution >= 0.6 is 0 Å². The lowest BCUT2D eigenvalue weighted by atomic mass is 10.0. The topological polar surface area (TPSA) is 58.1 Å². The Morgan fingerprint density at radius 1 is 1.23 bits per heavy atom. The van der Waals surface area contributed by atoms with Crippen LogP contribution in [0.4, 0.5) is 11.5 Å². The lowest BCUT2D eigenvalue weighted by molar-refractivity contribution is 0.0979. The molecule has 0 bridgehead atoms. The average molecular weight is 296 g/mol. The first-order chi connectivity index (χ1) is 10.8. The summed E-state index contributed by atoms with van der Waals surface area (Å²) in [4.78, 5) is 14.5. The number of fused-ring (bicyclic) bond motifs is 1. The van der Waals surface area contributed by atoms with Crippen molar-refractivity contribution in [1.82, 2.24) is 10.2 Å². The van der Waals surface area contributed by atoms with Gasteiger partial charge in [0.15, 0.2) is 5.69 Å². The molecule has 1 aliphatic rings. The number of aromatic nitrogens is 2. The summed E-state index contributed by atoms with van der Waals surface area (Å²) in [5.74, 6) is 0.624. The number of carbonyl (C=O) groups is 1. The maximum absolute atomic E-state index is 12.7. The maximum Gasteiger partial charge on any atom is 0.278 e. The van der Waals surface area contributed by atoms with Crippen molar-refractivity contribution in [3.8, 4) is 0 Å². The highest BCUT2D eigenvalue weighted by Gasteiger charge is 2.24. The Labute approximate surface area is 130 Å². The number of nitrogens with one attached hydrogen (secondary N) is 1. The fraction of sp³-hybridized carbons (Fsp3) is 0.353. The highest BCUT2D eigenvalue weighted by Crippen LogP contribution is 2.27. The number of hydrogen-bond acceptors (Lipinski definition) is 4. The first-order valence-electron chi connectivity index (χ1n) is 7.77. The summed E-state index contributed by atoms with van der Waals surface area (Å²) >= 11 is 0. The number of rotatable bonds is 4. The predicted molar refractivity (Wildman–Crippen MR) is 87.3 cm³/mol. The van der Waals surface area contributed by atoms with E-state index in [1.165, 1.54) is 5.56 Å². The van der Waals surface area contributed by atoms with Gasteiger partial charge < -0.3 is 10.2 Å². The van der Waals surface area contributed by atoms with Crippen LogP contribution in [0.1, 0.15) is 35.8 Å². The third-order valence-corrected chi connectivity index (χ3v) is 3.80. The third kappa shape index (κ3) is 2.93. The largest absolute Gasteiger partial charge is 0.369 e. The molecule has 5 nitrogen and oxygen atoms in total. The second-order valence-electron chi connectivity index (χ2n) is 5.42. The molecule has 0 saturated heterocycles. The lowest BCUT2D eigenvalue weighted by Gasteiger charge is -2.29. The first kappa shape index (κ1) is 14.5. The highest BCUT2D eigenvalue weighted by atomic mass is 16.2. The van der Waals surface area contributed by atoms with Crippen LogP contribution in [0.5, 0.6) is 0 Å². The van der Waals surface area contributed by atoms with E-state index in [0.29, 0.717) is 11.5 Å². The van der Waals surface area contributed by atoms with Gasteiger partial charge in [-0.3, -0.25) is 4.79 Å². The molecule has 114 valence electrons. The van der Waals surface area contributed by atoms with E-state index >= 15 is 0 Å². The predicted octanol–water partition coefficient (Wildman–Crippen LogP) is 2.89. The number of para-hydroxylation sites is 1. The van der Waals surface area contributed by atoms with Crippen LogP contribution in [0.15, 0.2) is 36.4 Å². The Kier molecular flexibility index (Phi) is 4.32. The van der Waals surface area contributed by atoms with Crippen molar-refractivity contribution in [2.45, 2.75) is 26.2 Å². The van der Waals surface area contributed by atoms with E-state index in [9.17, 15) is 4.79 Å². The number of anilines is 2. The Morgan fingerprint density at radius 3 is 2.86 bits per heavy atom. The summed E-state index contributed by atoms with van der Waals surface area (Å²) in [5, 5.41) is 11.3. The summed E-state index contributed by atoms with van der Waals surface area (Å²) in [7, 11) is 0. The summed E-state index contributed by atoms with van der Waals surface area (Å²) in [6, 6.07) is 11.6. The van der Waals surface area contributed by atoms with E-state index in [1.54, 1.807) is 6.07 Å². The Hall–Kier alpha value is -2.43. The molecule has 0 aliphatic carbocycles. The van der Waals surface area contributed by atoms with Gasteiger partial charge in [-0.05, 0) is 43.0 Å². The van der Waals surface area contributed by atoms with E-state index in [-0.39, 0.29) is 5.91 Å². The first-order valence-corrected chi connectivity index (χ1v) is 7.77. The van der Waals surface area contributed by atoms with Crippen LogP contribution < -0.4 is 10.2 Å². The minimum Gasteiger partial charge on any atom is -0.369 e. The lowest BCUT2D eigenvalue weighted by Crippen LogP contribution is -2.36. The smallest absolute Gasteiger partial charge is 0.278 e. The van der Waals surface area contributed by atoms with Crippen LogP contribution in [-0.2, 0) is 6.42 Å². The van der Waals surface area contributed by atoms with Gasteiger partial charge in [-0.25, -0.2) is 0 Å². The van der Waals surface area contributed by atoms with Crippen LogP contribution in [0.3, 0.4) is 0 Å². The maximum atomic E-state index is 12.7. The molecule has 0 spiro atoms. The number of benzene rings is 1. The van der Waals surface area contributed by atoms with Crippen molar-refractivity contribution in [2.75, 3.05) is 23.3 Å². The van der Waals surface area contributed by atoms with Gasteiger partial charge in [0.05, 0.1) is 0 Å². The molecule has 5 heteroatoms. The molecule has 1 aliphatic heterocycles. The second kappa shape index (κ2) is 6.56. The molecule has 0 radical (unpaired) electrons. The SMILES string of the molecule is CCCNc1ccc(C(=O)N2CCCc3ccccc32)nn1. The minimum absolute atomic E-state index is 0.0818. The van der Waals surface area contributed by atoms with Crippen LogP contribution in [0, 0.1) is 0 Å². The Bertz CT molecular complexity index is 654. The summed E-state index contributed by atoms with van der Waals surface area (Å²) in [6.45, 7) is 3.67. The molecule has 0 saturated carbocycles. The molecule has 1 aromatic heterocycles. The van der Waals surface area contributed by atoms with Crippen molar-refractivity contribution >= 4 is 17.4 Å². The van der Waals surface area contributed by atoms with E-state index in [4.69, 9.17) is 0 Å². The van der Waals surface area contributed by atoms with Gasteiger partial charge in [-0.15, -0.1) is 10.2 Å². The number of carbonyl (C=O) groups excluding carboxylic acids is 1. The van der Waals surface area contributed by atoms with Crippen LogP contribution in [-0.4, -0.2) is 29.2 Å². The Morgan fingerprint density at radius 2 is 2.09 bits per heavy atom. The molecule has 0 atom stereocenters. The molecular weight excluding hydrogens is 276 g/mol.